The van der Waals surface area contributed by atoms with Gasteiger partial charge >= 0.3 is 17.9 Å². The van der Waals surface area contributed by atoms with Crippen LogP contribution in [-0.4, -0.2) is 57.7 Å². The molecule has 0 saturated carbocycles. The van der Waals surface area contributed by atoms with Crippen LogP contribution in [0.1, 0.15) is 12.5 Å². The van der Waals surface area contributed by atoms with Gasteiger partial charge in [0.05, 0.1) is 26.4 Å². The predicted molar refractivity (Wildman–Crippen MR) is 95.8 cm³/mol. The molecule has 1 aromatic rings. The summed E-state index contributed by atoms with van der Waals surface area (Å²) in [7, 11) is 5.78. The van der Waals surface area contributed by atoms with Gasteiger partial charge in [0.1, 0.15) is 0 Å². The molecule has 0 aliphatic carbocycles. The first kappa shape index (κ1) is 21.0. The Morgan fingerprint density at radius 1 is 0.962 bits per heavy atom. The van der Waals surface area contributed by atoms with Crippen LogP contribution in [0.5, 0.6) is 0 Å². The first-order valence-corrected chi connectivity index (χ1v) is 7.89. The van der Waals surface area contributed by atoms with Crippen LogP contribution in [0, 0.1) is 0 Å². The van der Waals surface area contributed by atoms with Gasteiger partial charge in [0, 0.05) is 19.8 Å². The summed E-state index contributed by atoms with van der Waals surface area (Å²) in [5.41, 5.74) is 0.620. The van der Waals surface area contributed by atoms with Gasteiger partial charge in [0.15, 0.2) is 5.57 Å². The van der Waals surface area contributed by atoms with E-state index in [1.807, 2.05) is 30.3 Å². The van der Waals surface area contributed by atoms with Crippen molar-refractivity contribution in [2.45, 2.75) is 6.92 Å². The molecule has 0 saturated heterocycles. The highest BCUT2D eigenvalue weighted by Crippen LogP contribution is 2.22. The van der Waals surface area contributed by atoms with E-state index in [4.69, 9.17) is 4.74 Å². The Hall–Kier alpha value is -3.09. The maximum Gasteiger partial charge on any atom is 0.346 e. The Bertz CT molecular complexity index is 701. The Labute approximate surface area is 152 Å². The molecule has 0 N–H and O–H groups in total. The third-order valence-electron chi connectivity index (χ3n) is 3.38. The molecule has 1 rings (SSSR count). The summed E-state index contributed by atoms with van der Waals surface area (Å²) in [6.45, 7) is 1.70. The molecule has 0 radical (unpaired) electrons. The molecule has 0 bridgehead atoms. The van der Waals surface area contributed by atoms with Crippen LogP contribution in [0.3, 0.4) is 0 Å². The minimum atomic E-state index is -0.984. The fourth-order valence-electron chi connectivity index (χ4n) is 2.17. The summed E-state index contributed by atoms with van der Waals surface area (Å²) in [5, 5.41) is 0. The third kappa shape index (κ3) is 5.20. The van der Waals surface area contributed by atoms with Crippen LogP contribution in [-0.2, 0) is 28.6 Å². The minimum Gasteiger partial charge on any atom is -0.465 e. The van der Waals surface area contributed by atoms with Crippen molar-refractivity contribution in [3.05, 3.63) is 53.1 Å². The zero-order chi connectivity index (χ0) is 19.7. The maximum absolute atomic E-state index is 12.5. The van der Waals surface area contributed by atoms with Gasteiger partial charge in [-0.05, 0) is 18.6 Å². The Kier molecular flexibility index (Phi) is 8.08. The number of carbonyl (C=O) groups is 3. The fraction of sp³-hybridized carbons (Fsp3) is 0.316. The van der Waals surface area contributed by atoms with Gasteiger partial charge in [-0.25, -0.2) is 14.4 Å². The number of esters is 3. The quantitative estimate of drug-likeness (QED) is 0.183. The highest BCUT2D eigenvalue weighted by Gasteiger charge is 2.29. The molecule has 0 aliphatic heterocycles. The molecule has 26 heavy (non-hydrogen) atoms. The van der Waals surface area contributed by atoms with Gasteiger partial charge in [-0.2, -0.15) is 0 Å². The fourth-order valence-corrected chi connectivity index (χ4v) is 2.17. The summed E-state index contributed by atoms with van der Waals surface area (Å²) in [6.07, 6.45) is 1.41. The molecule has 0 aromatic heterocycles. The van der Waals surface area contributed by atoms with Crippen molar-refractivity contribution in [2.24, 2.45) is 0 Å². The van der Waals surface area contributed by atoms with Crippen LogP contribution in [0.4, 0.5) is 0 Å². The first-order valence-electron chi connectivity index (χ1n) is 7.89. The predicted octanol–water partition coefficient (Wildman–Crippen LogP) is 1.79. The topological polar surface area (TPSA) is 82.1 Å². The second-order valence-electron chi connectivity index (χ2n) is 5.28. The van der Waals surface area contributed by atoms with E-state index >= 15 is 0 Å². The summed E-state index contributed by atoms with van der Waals surface area (Å²) in [5.74, 6) is -2.79. The van der Waals surface area contributed by atoms with Crippen LogP contribution >= 0.6 is 0 Å². The average Bonchev–Trinajstić information content (AvgIpc) is 2.64. The molecule has 0 fully saturated rings. The number of benzene rings is 1. The molecule has 0 spiro atoms. The minimum absolute atomic E-state index is 0.0778. The molecule has 0 aliphatic rings. The van der Waals surface area contributed by atoms with Gasteiger partial charge < -0.3 is 19.1 Å². The Balaban J connectivity index is 3.72. The number of nitrogens with zero attached hydrogens (tertiary/aromatic N) is 1. The van der Waals surface area contributed by atoms with Crippen LogP contribution in [0.2, 0.25) is 0 Å². The van der Waals surface area contributed by atoms with E-state index in [0.29, 0.717) is 5.70 Å². The van der Waals surface area contributed by atoms with Crippen molar-refractivity contribution in [3.63, 3.8) is 0 Å². The molecule has 140 valence electrons. The number of carbonyl (C=O) groups excluding carboxylic acids is 3. The van der Waals surface area contributed by atoms with Crippen LogP contribution in [0.15, 0.2) is 47.6 Å². The van der Waals surface area contributed by atoms with Crippen molar-refractivity contribution >= 4 is 23.6 Å². The lowest BCUT2D eigenvalue weighted by Gasteiger charge is -2.19. The molecular formula is C19H23NO6. The largest absolute Gasteiger partial charge is 0.465 e. The zero-order valence-corrected chi connectivity index (χ0v) is 15.6. The second-order valence-corrected chi connectivity index (χ2v) is 5.28. The number of methoxy groups -OCH3 is 2. The first-order chi connectivity index (χ1) is 12.4. The van der Waals surface area contributed by atoms with Crippen molar-refractivity contribution in [2.75, 3.05) is 34.9 Å². The summed E-state index contributed by atoms with van der Waals surface area (Å²) >= 11 is 0. The third-order valence-corrected chi connectivity index (χ3v) is 3.38. The summed E-state index contributed by atoms with van der Waals surface area (Å²) in [6, 6.07) is 9.20. The van der Waals surface area contributed by atoms with Gasteiger partial charge in [0.2, 0.25) is 0 Å². The monoisotopic (exact) mass is 361 g/mol. The van der Waals surface area contributed by atoms with E-state index in [1.54, 1.807) is 25.9 Å². The van der Waals surface area contributed by atoms with Crippen molar-refractivity contribution in [3.8, 4) is 0 Å². The molecule has 7 nitrogen and oxygen atoms in total. The molecule has 0 heterocycles. The van der Waals surface area contributed by atoms with E-state index in [-0.39, 0.29) is 12.2 Å². The Morgan fingerprint density at radius 2 is 1.50 bits per heavy atom. The van der Waals surface area contributed by atoms with Crippen molar-refractivity contribution in [1.29, 1.82) is 0 Å². The van der Waals surface area contributed by atoms with Gasteiger partial charge in [-0.1, -0.05) is 30.3 Å². The van der Waals surface area contributed by atoms with E-state index in [9.17, 15) is 14.4 Å². The average molecular weight is 361 g/mol. The van der Waals surface area contributed by atoms with Gasteiger partial charge in [0.25, 0.3) is 0 Å². The van der Waals surface area contributed by atoms with E-state index < -0.39 is 23.5 Å². The summed E-state index contributed by atoms with van der Waals surface area (Å²) < 4.78 is 14.3. The molecule has 7 heteroatoms. The lowest BCUT2D eigenvalue weighted by Crippen LogP contribution is -2.23. The lowest BCUT2D eigenvalue weighted by atomic mass is 10.0. The lowest BCUT2D eigenvalue weighted by molar-refractivity contribution is -0.146. The van der Waals surface area contributed by atoms with E-state index in [0.717, 1.165) is 19.8 Å². The van der Waals surface area contributed by atoms with E-state index in [1.165, 1.54) is 6.08 Å². The standard InChI is InChI=1S/C19H23NO6/c1-6-26-17(21)14(16(18(22)24-4)19(23)25-5)12-15(20(2)3)13-10-8-7-9-11-13/h7-12H,6H2,1-5H3/b15-12+. The molecular weight excluding hydrogens is 338 g/mol. The normalized spacial score (nSPS) is 10.6. The highest BCUT2D eigenvalue weighted by molar-refractivity contribution is 6.20. The van der Waals surface area contributed by atoms with Crippen molar-refractivity contribution < 1.29 is 28.6 Å². The highest BCUT2D eigenvalue weighted by atomic mass is 16.5. The SMILES string of the molecule is CCOC(=O)C(/C=C(\c1ccccc1)N(C)C)=C(C(=O)OC)C(=O)OC. The second kappa shape index (κ2) is 10.0. The molecule has 0 unspecified atom stereocenters. The van der Waals surface area contributed by atoms with Gasteiger partial charge in [-0.15, -0.1) is 0 Å². The number of rotatable bonds is 7. The molecule has 0 amide bonds. The van der Waals surface area contributed by atoms with E-state index in [2.05, 4.69) is 9.47 Å². The number of hydrogen-bond donors (Lipinski definition) is 0. The molecule has 0 atom stereocenters. The van der Waals surface area contributed by atoms with Crippen LogP contribution in [0.25, 0.3) is 5.70 Å². The maximum atomic E-state index is 12.5. The number of hydrogen-bond acceptors (Lipinski definition) is 7. The van der Waals surface area contributed by atoms with Crippen molar-refractivity contribution in [1.82, 2.24) is 4.90 Å². The number of ether oxygens (including phenoxy) is 3. The smallest absolute Gasteiger partial charge is 0.346 e. The Morgan fingerprint density at radius 3 is 1.92 bits per heavy atom. The van der Waals surface area contributed by atoms with Crippen LogP contribution < -0.4 is 0 Å². The summed E-state index contributed by atoms with van der Waals surface area (Å²) in [4.78, 5) is 38.4. The van der Waals surface area contributed by atoms with Gasteiger partial charge in [-0.3, -0.25) is 0 Å². The zero-order valence-electron chi connectivity index (χ0n) is 15.6. The molecule has 1 aromatic carbocycles.